The van der Waals surface area contributed by atoms with Gasteiger partial charge in [-0.15, -0.1) is 0 Å². The monoisotopic (exact) mass is 353 g/mol. The van der Waals surface area contributed by atoms with Crippen LogP contribution in [0.25, 0.3) is 40.5 Å². The van der Waals surface area contributed by atoms with E-state index in [9.17, 15) is 0 Å². The maximum atomic E-state index is 6.54. The lowest BCUT2D eigenvalue weighted by Crippen LogP contribution is -2.30. The highest BCUT2D eigenvalue weighted by Crippen LogP contribution is 2.34. The molecule has 1 aliphatic heterocycles. The third-order valence-electron chi connectivity index (χ3n) is 4.97. The summed E-state index contributed by atoms with van der Waals surface area (Å²) < 4.78 is 0. The molecule has 0 saturated heterocycles. The third-order valence-corrected chi connectivity index (χ3v) is 5.16. The molecule has 3 aromatic rings. The van der Waals surface area contributed by atoms with E-state index >= 15 is 0 Å². The number of halogens is 1. The van der Waals surface area contributed by atoms with Gasteiger partial charge < -0.3 is 0 Å². The molecular weight excluding hydrogens is 338 g/mol. The van der Waals surface area contributed by atoms with Crippen LogP contribution in [0.3, 0.4) is 0 Å². The topological polar surface area (TPSA) is 12.4 Å². The Morgan fingerprint density at radius 2 is 1.65 bits per heavy atom. The molecule has 0 atom stereocenters. The normalized spacial score (nSPS) is 14.1. The molecule has 5 rings (SSSR count). The Kier molecular flexibility index (Phi) is 3.62. The molecule has 1 heterocycles. The minimum absolute atomic E-state index is 0.518. The molecule has 124 valence electrons. The van der Waals surface area contributed by atoms with E-state index in [2.05, 4.69) is 72.8 Å². The first kappa shape index (κ1) is 15.4. The molecular formula is C24H16ClN. The Labute approximate surface area is 157 Å². The second kappa shape index (κ2) is 6.12. The van der Waals surface area contributed by atoms with Crippen LogP contribution in [-0.4, -0.2) is 0 Å². The van der Waals surface area contributed by atoms with Gasteiger partial charge in [0, 0.05) is 10.8 Å². The Bertz CT molecular complexity index is 1200. The number of benzene rings is 3. The Balaban J connectivity index is 1.87. The minimum atomic E-state index is 0.518. The Hall–Kier alpha value is -2.90. The number of hydrogen-bond donors (Lipinski definition) is 0. The van der Waals surface area contributed by atoms with Crippen molar-refractivity contribution in [2.24, 2.45) is 4.99 Å². The van der Waals surface area contributed by atoms with Gasteiger partial charge >= 0.3 is 0 Å². The highest BCUT2D eigenvalue weighted by atomic mass is 35.5. The predicted molar refractivity (Wildman–Crippen MR) is 110 cm³/mol. The lowest BCUT2D eigenvalue weighted by atomic mass is 9.90. The second-order valence-electron chi connectivity index (χ2n) is 6.52. The Morgan fingerprint density at radius 3 is 2.54 bits per heavy atom. The van der Waals surface area contributed by atoms with Crippen LogP contribution in [0.2, 0.25) is 0 Å². The standard InChI is InChI=1S/C24H16ClN/c25-23-15-22-18(16-7-2-1-3-8-16)11-6-12-20(22)21-14-13-17-9-4-5-10-19(17)24(21)26-23/h1-4,6-15H,5H2. The van der Waals surface area contributed by atoms with Crippen LogP contribution in [0.1, 0.15) is 17.5 Å². The van der Waals surface area contributed by atoms with E-state index in [4.69, 9.17) is 16.6 Å². The van der Waals surface area contributed by atoms with E-state index in [1.807, 2.05) is 12.1 Å². The summed E-state index contributed by atoms with van der Waals surface area (Å²) in [6.07, 6.45) is 9.48. The van der Waals surface area contributed by atoms with Gasteiger partial charge in [0.1, 0.15) is 5.16 Å². The summed E-state index contributed by atoms with van der Waals surface area (Å²) in [5.41, 5.74) is 6.98. The largest absolute Gasteiger partial charge is 0.235 e. The van der Waals surface area contributed by atoms with Gasteiger partial charge in [-0.1, -0.05) is 90.5 Å². The first-order valence-corrected chi connectivity index (χ1v) is 9.13. The molecule has 0 spiro atoms. The summed E-state index contributed by atoms with van der Waals surface area (Å²) in [6, 6.07) is 21.2. The fraction of sp³-hybridized carbons (Fsp3) is 0.0417. The van der Waals surface area contributed by atoms with E-state index < -0.39 is 0 Å². The van der Waals surface area contributed by atoms with Gasteiger partial charge in [-0.25, -0.2) is 4.99 Å². The first-order valence-electron chi connectivity index (χ1n) is 8.76. The van der Waals surface area contributed by atoms with Crippen molar-refractivity contribution in [2.75, 3.05) is 0 Å². The van der Waals surface area contributed by atoms with Crippen LogP contribution in [0.4, 0.5) is 0 Å². The molecule has 2 aliphatic rings. The summed E-state index contributed by atoms with van der Waals surface area (Å²) in [4.78, 5) is 4.76. The van der Waals surface area contributed by atoms with Gasteiger partial charge in [-0.05, 0) is 40.3 Å². The molecule has 0 radical (unpaired) electrons. The number of fused-ring (bicyclic) bond motifs is 5. The summed E-state index contributed by atoms with van der Waals surface area (Å²) >= 11 is 6.54. The zero-order valence-electron chi connectivity index (χ0n) is 14.1. The summed E-state index contributed by atoms with van der Waals surface area (Å²) in [5.74, 6) is 0. The molecule has 26 heavy (non-hydrogen) atoms. The van der Waals surface area contributed by atoms with E-state index in [0.717, 1.165) is 22.9 Å². The predicted octanol–water partition coefficient (Wildman–Crippen LogP) is 5.39. The average molecular weight is 354 g/mol. The van der Waals surface area contributed by atoms with Crippen LogP contribution in [0.5, 0.6) is 0 Å². The smallest absolute Gasteiger partial charge is 0.130 e. The van der Waals surface area contributed by atoms with Crippen LogP contribution in [-0.2, 0) is 0 Å². The lowest BCUT2D eigenvalue weighted by molar-refractivity contribution is 1.27. The molecule has 0 N–H and O–H groups in total. The van der Waals surface area contributed by atoms with Crippen molar-refractivity contribution in [1.82, 2.24) is 0 Å². The van der Waals surface area contributed by atoms with E-state index in [1.165, 1.54) is 27.5 Å². The van der Waals surface area contributed by atoms with Crippen molar-refractivity contribution in [3.05, 3.63) is 93.6 Å². The molecule has 0 fully saturated rings. The minimum Gasteiger partial charge on any atom is -0.235 e. The van der Waals surface area contributed by atoms with Crippen LogP contribution in [0.15, 0.2) is 76.9 Å². The van der Waals surface area contributed by atoms with Crippen LogP contribution >= 0.6 is 11.6 Å². The van der Waals surface area contributed by atoms with E-state index in [0.29, 0.717) is 5.16 Å². The van der Waals surface area contributed by atoms with Crippen molar-refractivity contribution < 1.29 is 0 Å². The van der Waals surface area contributed by atoms with Gasteiger partial charge in [-0.3, -0.25) is 0 Å². The first-order chi connectivity index (χ1) is 12.8. The van der Waals surface area contributed by atoms with E-state index in [1.54, 1.807) is 0 Å². The average Bonchev–Trinajstić information content (AvgIpc) is 2.84. The molecule has 0 amide bonds. The maximum absolute atomic E-state index is 6.54. The highest BCUT2D eigenvalue weighted by molar-refractivity contribution is 6.31. The second-order valence-corrected chi connectivity index (χ2v) is 6.91. The summed E-state index contributed by atoms with van der Waals surface area (Å²) in [5, 5.41) is 2.66. The van der Waals surface area contributed by atoms with Crippen LogP contribution in [0, 0.1) is 0 Å². The fourth-order valence-corrected chi connectivity index (χ4v) is 3.98. The van der Waals surface area contributed by atoms with Crippen molar-refractivity contribution >= 4 is 29.8 Å². The van der Waals surface area contributed by atoms with Crippen molar-refractivity contribution in [2.45, 2.75) is 6.42 Å². The quantitative estimate of drug-likeness (QED) is 0.520. The molecule has 0 aromatic heterocycles. The maximum Gasteiger partial charge on any atom is 0.130 e. The number of nitrogens with zero attached hydrogens (tertiary/aromatic N) is 1. The highest BCUT2D eigenvalue weighted by Gasteiger charge is 2.16. The number of hydrogen-bond acceptors (Lipinski definition) is 1. The number of allylic oxidation sites excluding steroid dienone is 1. The zero-order chi connectivity index (χ0) is 17.5. The van der Waals surface area contributed by atoms with Crippen molar-refractivity contribution in [3.8, 4) is 22.3 Å². The third kappa shape index (κ3) is 2.44. The molecule has 0 unspecified atom stereocenters. The van der Waals surface area contributed by atoms with Crippen LogP contribution < -0.4 is 10.6 Å². The summed E-state index contributed by atoms with van der Waals surface area (Å²) in [6.45, 7) is 0. The van der Waals surface area contributed by atoms with Crippen molar-refractivity contribution in [1.29, 1.82) is 0 Å². The lowest BCUT2D eigenvalue weighted by Gasteiger charge is -2.13. The fourth-order valence-electron chi connectivity index (χ4n) is 3.79. The van der Waals surface area contributed by atoms with Gasteiger partial charge in [-0.2, -0.15) is 0 Å². The molecule has 1 nitrogen and oxygen atoms in total. The number of rotatable bonds is 1. The molecule has 0 bridgehead atoms. The zero-order valence-corrected chi connectivity index (χ0v) is 14.9. The van der Waals surface area contributed by atoms with Gasteiger partial charge in [0.25, 0.3) is 0 Å². The van der Waals surface area contributed by atoms with Gasteiger partial charge in [0.15, 0.2) is 0 Å². The molecule has 2 heteroatoms. The van der Waals surface area contributed by atoms with Gasteiger partial charge in [0.05, 0.1) is 5.36 Å². The molecule has 0 saturated carbocycles. The molecule has 3 aromatic carbocycles. The van der Waals surface area contributed by atoms with Crippen molar-refractivity contribution in [3.63, 3.8) is 0 Å². The molecule has 1 aliphatic carbocycles. The van der Waals surface area contributed by atoms with E-state index in [-0.39, 0.29) is 0 Å². The Morgan fingerprint density at radius 1 is 0.808 bits per heavy atom. The SMILES string of the molecule is ClC1=Cc2c(-c3ccccc3)cccc2-c2ccc3c(c2=N1)=CCC=C3. The van der Waals surface area contributed by atoms with Gasteiger partial charge in [0.2, 0.25) is 0 Å². The summed E-state index contributed by atoms with van der Waals surface area (Å²) in [7, 11) is 0.